The van der Waals surface area contributed by atoms with Gasteiger partial charge in [-0.05, 0) is 18.1 Å². The molecule has 2 nitrogen and oxygen atoms in total. The lowest BCUT2D eigenvalue weighted by Gasteiger charge is -1.95. The Bertz CT molecular complexity index is 511. The van der Waals surface area contributed by atoms with E-state index < -0.39 is 15.7 Å². The standard InChI is InChI=1S/C9H6ClFO2S/c1-14(12,13)6-5-7-3-2-4-8(11)9(7)10/h2-4H,1H3. The molecule has 1 aromatic rings. The highest BCUT2D eigenvalue weighted by molar-refractivity contribution is 7.95. The third kappa shape index (κ3) is 3.02. The Hall–Kier alpha value is -1.05. The molecule has 14 heavy (non-hydrogen) atoms. The molecular formula is C9H6ClFO2S. The minimum atomic E-state index is -3.39. The van der Waals surface area contributed by atoms with Crippen molar-refractivity contribution in [3.05, 3.63) is 34.6 Å². The van der Waals surface area contributed by atoms with E-state index in [4.69, 9.17) is 11.6 Å². The maximum Gasteiger partial charge on any atom is 0.214 e. The van der Waals surface area contributed by atoms with Gasteiger partial charge in [0.1, 0.15) is 5.82 Å². The van der Waals surface area contributed by atoms with Gasteiger partial charge in [0.15, 0.2) is 0 Å². The summed E-state index contributed by atoms with van der Waals surface area (Å²) < 4.78 is 34.2. The van der Waals surface area contributed by atoms with Crippen LogP contribution in [-0.4, -0.2) is 14.7 Å². The van der Waals surface area contributed by atoms with Crippen LogP contribution in [0.15, 0.2) is 18.2 Å². The van der Waals surface area contributed by atoms with Crippen molar-refractivity contribution in [3.8, 4) is 11.2 Å². The summed E-state index contributed by atoms with van der Waals surface area (Å²) in [7, 11) is -3.39. The Morgan fingerprint density at radius 1 is 1.43 bits per heavy atom. The van der Waals surface area contributed by atoms with Crippen LogP contribution in [-0.2, 0) is 9.84 Å². The Morgan fingerprint density at radius 2 is 2.07 bits per heavy atom. The Morgan fingerprint density at radius 3 is 2.64 bits per heavy atom. The normalized spacial score (nSPS) is 10.5. The summed E-state index contributed by atoms with van der Waals surface area (Å²) in [5, 5.41) is 1.81. The first-order chi connectivity index (χ1) is 6.40. The minimum absolute atomic E-state index is 0.163. The summed E-state index contributed by atoms with van der Waals surface area (Å²) in [6.07, 6.45) is 0.965. The smallest absolute Gasteiger partial charge is 0.214 e. The predicted octanol–water partition coefficient (Wildman–Crippen LogP) is 1.83. The van der Waals surface area contributed by atoms with Gasteiger partial charge in [-0.25, -0.2) is 12.8 Å². The molecule has 0 atom stereocenters. The van der Waals surface area contributed by atoms with Gasteiger partial charge in [-0.2, -0.15) is 0 Å². The summed E-state index contributed by atoms with van der Waals surface area (Å²) in [4.78, 5) is 0. The second-order valence-corrected chi connectivity index (χ2v) is 4.73. The monoisotopic (exact) mass is 232 g/mol. The van der Waals surface area contributed by atoms with Crippen molar-refractivity contribution < 1.29 is 12.8 Å². The SMILES string of the molecule is CS(=O)(=O)C#Cc1cccc(F)c1Cl. The summed E-state index contributed by atoms with van der Waals surface area (Å²) >= 11 is 5.55. The second-order valence-electron chi connectivity index (χ2n) is 2.60. The maximum atomic E-state index is 12.8. The zero-order chi connectivity index (χ0) is 10.8. The lowest BCUT2D eigenvalue weighted by Crippen LogP contribution is -1.90. The van der Waals surface area contributed by atoms with Gasteiger partial charge >= 0.3 is 0 Å². The van der Waals surface area contributed by atoms with E-state index in [0.717, 1.165) is 6.26 Å². The van der Waals surface area contributed by atoms with E-state index in [-0.39, 0.29) is 10.6 Å². The highest BCUT2D eigenvalue weighted by Gasteiger charge is 2.03. The highest BCUT2D eigenvalue weighted by atomic mass is 35.5. The van der Waals surface area contributed by atoms with Crippen LogP contribution >= 0.6 is 11.6 Å². The number of halogens is 2. The maximum absolute atomic E-state index is 12.8. The molecule has 0 saturated carbocycles. The third-order valence-corrected chi connectivity index (χ3v) is 2.18. The summed E-state index contributed by atoms with van der Waals surface area (Å²) in [6, 6.07) is 4.03. The molecule has 74 valence electrons. The number of hydrogen-bond donors (Lipinski definition) is 0. The van der Waals surface area contributed by atoms with Gasteiger partial charge in [-0.15, -0.1) is 0 Å². The zero-order valence-electron chi connectivity index (χ0n) is 7.21. The van der Waals surface area contributed by atoms with Crippen LogP contribution in [0.25, 0.3) is 0 Å². The van der Waals surface area contributed by atoms with Crippen LogP contribution in [0, 0.1) is 17.0 Å². The molecule has 0 spiro atoms. The van der Waals surface area contributed by atoms with Crippen molar-refractivity contribution in [2.45, 2.75) is 0 Å². The summed E-state index contributed by atoms with van der Waals surface area (Å²) in [6.45, 7) is 0. The van der Waals surface area contributed by atoms with E-state index in [9.17, 15) is 12.8 Å². The Balaban J connectivity index is 3.21. The van der Waals surface area contributed by atoms with Crippen molar-refractivity contribution in [2.75, 3.05) is 6.26 Å². The lowest BCUT2D eigenvalue weighted by atomic mass is 10.2. The van der Waals surface area contributed by atoms with E-state index in [1.54, 1.807) is 0 Å². The third-order valence-electron chi connectivity index (χ3n) is 1.32. The average Bonchev–Trinajstić information content (AvgIpc) is 2.06. The van der Waals surface area contributed by atoms with E-state index in [1.165, 1.54) is 18.2 Å². The largest absolute Gasteiger partial charge is 0.216 e. The fourth-order valence-electron chi connectivity index (χ4n) is 0.748. The molecule has 0 radical (unpaired) electrons. The molecule has 0 bridgehead atoms. The Kier molecular flexibility index (Phi) is 3.14. The van der Waals surface area contributed by atoms with Crippen molar-refractivity contribution >= 4 is 21.4 Å². The minimum Gasteiger partial charge on any atom is -0.216 e. The molecule has 0 saturated heterocycles. The van der Waals surface area contributed by atoms with Crippen LogP contribution in [0.3, 0.4) is 0 Å². The van der Waals surface area contributed by atoms with Crippen molar-refractivity contribution in [3.63, 3.8) is 0 Å². The number of sulfone groups is 1. The van der Waals surface area contributed by atoms with Gasteiger partial charge < -0.3 is 0 Å². The quantitative estimate of drug-likeness (QED) is 0.640. The van der Waals surface area contributed by atoms with E-state index in [2.05, 4.69) is 5.92 Å². The van der Waals surface area contributed by atoms with Gasteiger partial charge in [0.2, 0.25) is 9.84 Å². The molecule has 0 aromatic heterocycles. The molecule has 1 rings (SSSR count). The number of benzene rings is 1. The van der Waals surface area contributed by atoms with Gasteiger partial charge in [-0.1, -0.05) is 17.7 Å². The van der Waals surface area contributed by atoms with Gasteiger partial charge in [0.05, 0.1) is 11.3 Å². The zero-order valence-corrected chi connectivity index (χ0v) is 8.79. The first-order valence-electron chi connectivity index (χ1n) is 3.57. The lowest BCUT2D eigenvalue weighted by molar-refractivity contribution is 0.611. The molecular weight excluding hydrogens is 227 g/mol. The first-order valence-corrected chi connectivity index (χ1v) is 5.84. The highest BCUT2D eigenvalue weighted by Crippen LogP contribution is 2.18. The van der Waals surface area contributed by atoms with Crippen molar-refractivity contribution in [1.82, 2.24) is 0 Å². The predicted molar refractivity (Wildman–Crippen MR) is 53.1 cm³/mol. The van der Waals surface area contributed by atoms with Crippen LogP contribution in [0.2, 0.25) is 5.02 Å². The fraction of sp³-hybridized carbons (Fsp3) is 0.111. The Labute approximate surface area is 86.6 Å². The fourth-order valence-corrected chi connectivity index (χ4v) is 1.22. The van der Waals surface area contributed by atoms with Crippen LogP contribution in [0.4, 0.5) is 4.39 Å². The molecule has 0 N–H and O–H groups in total. The van der Waals surface area contributed by atoms with Gasteiger partial charge in [0.25, 0.3) is 0 Å². The van der Waals surface area contributed by atoms with Crippen LogP contribution in [0.5, 0.6) is 0 Å². The molecule has 0 aliphatic carbocycles. The van der Waals surface area contributed by atoms with E-state index >= 15 is 0 Å². The number of rotatable bonds is 0. The molecule has 0 heterocycles. The molecule has 0 amide bonds. The van der Waals surface area contributed by atoms with Crippen LogP contribution in [0.1, 0.15) is 5.56 Å². The molecule has 1 aromatic carbocycles. The topological polar surface area (TPSA) is 34.1 Å². The molecule has 5 heteroatoms. The van der Waals surface area contributed by atoms with Crippen LogP contribution < -0.4 is 0 Å². The molecule has 0 aliphatic heterocycles. The van der Waals surface area contributed by atoms with E-state index in [1.807, 2.05) is 5.25 Å². The molecule has 0 unspecified atom stereocenters. The average molecular weight is 233 g/mol. The van der Waals surface area contributed by atoms with Gasteiger partial charge in [0, 0.05) is 10.8 Å². The van der Waals surface area contributed by atoms with E-state index in [0.29, 0.717) is 0 Å². The summed E-state index contributed by atoms with van der Waals surface area (Å²) in [5.74, 6) is 1.67. The van der Waals surface area contributed by atoms with Crippen molar-refractivity contribution in [1.29, 1.82) is 0 Å². The summed E-state index contributed by atoms with van der Waals surface area (Å²) in [5.41, 5.74) is 0.164. The molecule has 0 aliphatic rings. The van der Waals surface area contributed by atoms with Gasteiger partial charge in [-0.3, -0.25) is 0 Å². The van der Waals surface area contributed by atoms with Crippen molar-refractivity contribution in [2.24, 2.45) is 0 Å². The second kappa shape index (κ2) is 3.99. The first kappa shape index (κ1) is 11.0. The molecule has 0 fully saturated rings. The number of hydrogen-bond acceptors (Lipinski definition) is 2.